The number of hydrogen-bond acceptors (Lipinski definition) is 2. The summed E-state index contributed by atoms with van der Waals surface area (Å²) in [6.45, 7) is 7.76. The average molecular weight is 200 g/mol. The van der Waals surface area contributed by atoms with Crippen molar-refractivity contribution in [2.24, 2.45) is 11.8 Å². The second-order valence-electron chi connectivity index (χ2n) is 4.81. The second-order valence-corrected chi connectivity index (χ2v) is 4.81. The molecule has 3 unspecified atom stereocenters. The molecule has 0 bridgehead atoms. The molecule has 1 rings (SSSR count). The van der Waals surface area contributed by atoms with Crippen molar-refractivity contribution < 1.29 is 9.84 Å². The lowest BCUT2D eigenvalue weighted by atomic mass is 9.71. The van der Waals surface area contributed by atoms with Gasteiger partial charge in [0.1, 0.15) is 0 Å². The van der Waals surface area contributed by atoms with Gasteiger partial charge in [-0.15, -0.1) is 0 Å². The van der Waals surface area contributed by atoms with Crippen molar-refractivity contribution in [3.63, 3.8) is 0 Å². The maximum Gasteiger partial charge on any atom is 0.0907 e. The molecule has 0 radical (unpaired) electrons. The van der Waals surface area contributed by atoms with Gasteiger partial charge in [0.2, 0.25) is 0 Å². The van der Waals surface area contributed by atoms with E-state index in [1.54, 1.807) is 0 Å². The fraction of sp³-hybridized carbons (Fsp3) is 1.00. The minimum Gasteiger partial charge on any atom is -0.387 e. The Morgan fingerprint density at radius 3 is 2.79 bits per heavy atom. The van der Waals surface area contributed by atoms with Gasteiger partial charge in [-0.2, -0.15) is 0 Å². The van der Waals surface area contributed by atoms with Gasteiger partial charge in [0.25, 0.3) is 0 Å². The zero-order valence-corrected chi connectivity index (χ0v) is 9.75. The van der Waals surface area contributed by atoms with Gasteiger partial charge in [0.15, 0.2) is 0 Å². The van der Waals surface area contributed by atoms with Crippen LogP contribution in [0.2, 0.25) is 0 Å². The van der Waals surface area contributed by atoms with Gasteiger partial charge in [-0.1, -0.05) is 33.6 Å². The summed E-state index contributed by atoms with van der Waals surface area (Å²) < 4.78 is 5.49. The molecule has 1 aliphatic rings. The summed E-state index contributed by atoms with van der Waals surface area (Å²) in [4.78, 5) is 0. The van der Waals surface area contributed by atoms with Crippen LogP contribution in [0.3, 0.4) is 0 Å². The highest BCUT2D eigenvalue weighted by atomic mass is 16.5. The maximum absolute atomic E-state index is 10.4. The van der Waals surface area contributed by atoms with Crippen molar-refractivity contribution in [1.82, 2.24) is 0 Å². The molecule has 0 saturated heterocycles. The molecule has 0 aromatic heterocycles. The smallest absolute Gasteiger partial charge is 0.0907 e. The zero-order chi connectivity index (χ0) is 10.6. The van der Waals surface area contributed by atoms with E-state index in [0.29, 0.717) is 18.4 Å². The van der Waals surface area contributed by atoms with Gasteiger partial charge >= 0.3 is 0 Å². The topological polar surface area (TPSA) is 29.5 Å². The Hall–Kier alpha value is -0.0800. The lowest BCUT2D eigenvalue weighted by Gasteiger charge is -2.41. The molecule has 2 heteroatoms. The van der Waals surface area contributed by atoms with E-state index in [-0.39, 0.29) is 0 Å². The molecule has 1 saturated carbocycles. The average Bonchev–Trinajstić information content (AvgIpc) is 2.15. The van der Waals surface area contributed by atoms with E-state index >= 15 is 0 Å². The standard InChI is InChI=1S/C12H24O2/c1-4-8-14-9-12(13)7-5-6-10(2)11(12)3/h10-11,13H,4-9H2,1-3H3. The van der Waals surface area contributed by atoms with E-state index in [0.717, 1.165) is 25.9 Å². The molecule has 14 heavy (non-hydrogen) atoms. The van der Waals surface area contributed by atoms with Crippen molar-refractivity contribution in [3.8, 4) is 0 Å². The van der Waals surface area contributed by atoms with Crippen LogP contribution in [0.5, 0.6) is 0 Å². The summed E-state index contributed by atoms with van der Waals surface area (Å²) in [7, 11) is 0. The van der Waals surface area contributed by atoms with E-state index < -0.39 is 5.60 Å². The van der Waals surface area contributed by atoms with Gasteiger partial charge in [0, 0.05) is 6.61 Å². The fourth-order valence-corrected chi connectivity index (χ4v) is 2.33. The highest BCUT2D eigenvalue weighted by Crippen LogP contribution is 2.37. The van der Waals surface area contributed by atoms with Crippen LogP contribution < -0.4 is 0 Å². The number of rotatable bonds is 4. The third-order valence-corrected chi connectivity index (χ3v) is 3.67. The molecule has 0 amide bonds. The van der Waals surface area contributed by atoms with Gasteiger partial charge in [-0.25, -0.2) is 0 Å². The van der Waals surface area contributed by atoms with Crippen LogP contribution in [0.4, 0.5) is 0 Å². The normalized spacial score (nSPS) is 38.6. The van der Waals surface area contributed by atoms with Crippen LogP contribution in [0, 0.1) is 11.8 Å². The molecule has 84 valence electrons. The molecule has 0 aliphatic heterocycles. The summed E-state index contributed by atoms with van der Waals surface area (Å²) in [5.74, 6) is 0.993. The molecule has 2 nitrogen and oxygen atoms in total. The largest absolute Gasteiger partial charge is 0.387 e. The third kappa shape index (κ3) is 2.71. The number of aliphatic hydroxyl groups is 1. The molecule has 0 heterocycles. The summed E-state index contributed by atoms with van der Waals surface area (Å²) in [6.07, 6.45) is 4.32. The zero-order valence-electron chi connectivity index (χ0n) is 9.75. The van der Waals surface area contributed by atoms with Crippen LogP contribution in [0.1, 0.15) is 46.5 Å². The van der Waals surface area contributed by atoms with E-state index in [9.17, 15) is 5.11 Å². The molecular formula is C12H24O2. The van der Waals surface area contributed by atoms with Crippen LogP contribution in [0.15, 0.2) is 0 Å². The SMILES string of the molecule is CCCOCC1(O)CCCC(C)C1C. The Morgan fingerprint density at radius 2 is 2.14 bits per heavy atom. The Balaban J connectivity index is 2.44. The van der Waals surface area contributed by atoms with Crippen LogP contribution in [-0.2, 0) is 4.74 Å². The summed E-state index contributed by atoms with van der Waals surface area (Å²) in [5, 5.41) is 10.4. The summed E-state index contributed by atoms with van der Waals surface area (Å²) in [6, 6.07) is 0. The molecule has 1 aliphatic carbocycles. The number of hydrogen-bond donors (Lipinski definition) is 1. The third-order valence-electron chi connectivity index (χ3n) is 3.67. The van der Waals surface area contributed by atoms with Gasteiger partial charge in [-0.05, 0) is 24.7 Å². The molecule has 0 aromatic rings. The Labute approximate surface area is 87.7 Å². The van der Waals surface area contributed by atoms with Crippen LogP contribution >= 0.6 is 0 Å². The Bertz CT molecular complexity index is 170. The van der Waals surface area contributed by atoms with E-state index in [1.807, 2.05) is 0 Å². The van der Waals surface area contributed by atoms with E-state index in [4.69, 9.17) is 4.74 Å². The minimum atomic E-state index is -0.563. The quantitative estimate of drug-likeness (QED) is 0.707. The van der Waals surface area contributed by atoms with Crippen molar-refractivity contribution in [1.29, 1.82) is 0 Å². The minimum absolute atomic E-state index is 0.369. The van der Waals surface area contributed by atoms with Gasteiger partial charge < -0.3 is 9.84 Å². The fourth-order valence-electron chi connectivity index (χ4n) is 2.33. The summed E-state index contributed by atoms with van der Waals surface area (Å²) >= 11 is 0. The van der Waals surface area contributed by atoms with Crippen molar-refractivity contribution in [2.75, 3.05) is 13.2 Å². The molecule has 3 atom stereocenters. The maximum atomic E-state index is 10.4. The van der Waals surface area contributed by atoms with Crippen LogP contribution in [0.25, 0.3) is 0 Å². The van der Waals surface area contributed by atoms with Crippen LogP contribution in [-0.4, -0.2) is 23.9 Å². The van der Waals surface area contributed by atoms with Gasteiger partial charge in [0.05, 0.1) is 12.2 Å². The predicted octanol–water partition coefficient (Wildman–Crippen LogP) is 2.60. The Morgan fingerprint density at radius 1 is 1.43 bits per heavy atom. The predicted molar refractivity (Wildman–Crippen MR) is 58.2 cm³/mol. The lowest BCUT2D eigenvalue weighted by Crippen LogP contribution is -2.46. The van der Waals surface area contributed by atoms with Crippen molar-refractivity contribution in [3.05, 3.63) is 0 Å². The molecule has 1 N–H and O–H groups in total. The first-order valence-electron chi connectivity index (χ1n) is 5.90. The first-order valence-corrected chi connectivity index (χ1v) is 5.90. The Kier molecular flexibility index (Phi) is 4.39. The highest BCUT2D eigenvalue weighted by molar-refractivity contribution is 4.90. The van der Waals surface area contributed by atoms with Gasteiger partial charge in [-0.3, -0.25) is 0 Å². The van der Waals surface area contributed by atoms with Crippen molar-refractivity contribution >= 4 is 0 Å². The number of ether oxygens (including phenoxy) is 1. The highest BCUT2D eigenvalue weighted by Gasteiger charge is 2.39. The lowest BCUT2D eigenvalue weighted by molar-refractivity contribution is -0.114. The van der Waals surface area contributed by atoms with E-state index in [2.05, 4.69) is 20.8 Å². The second kappa shape index (κ2) is 5.13. The summed E-state index contributed by atoms with van der Waals surface area (Å²) in [5.41, 5.74) is -0.563. The molecule has 1 fully saturated rings. The van der Waals surface area contributed by atoms with Crippen molar-refractivity contribution in [2.45, 2.75) is 52.1 Å². The molecular weight excluding hydrogens is 176 g/mol. The molecule has 0 spiro atoms. The first-order chi connectivity index (χ1) is 6.60. The van der Waals surface area contributed by atoms with E-state index in [1.165, 1.54) is 6.42 Å². The molecule has 0 aromatic carbocycles. The monoisotopic (exact) mass is 200 g/mol. The first kappa shape index (κ1) is 12.0.